The van der Waals surface area contributed by atoms with Gasteiger partial charge in [0.25, 0.3) is 5.91 Å². The predicted molar refractivity (Wildman–Crippen MR) is 105 cm³/mol. The number of nitrogens with one attached hydrogen (secondary N) is 2. The van der Waals surface area contributed by atoms with Crippen molar-refractivity contribution in [1.29, 1.82) is 0 Å². The summed E-state index contributed by atoms with van der Waals surface area (Å²) in [5.41, 5.74) is 2.48. The number of halogens is 1. The Labute approximate surface area is 169 Å². The molecule has 2 amide bonds. The van der Waals surface area contributed by atoms with Crippen molar-refractivity contribution in [1.82, 2.24) is 30.1 Å². The molecular weight excluding hydrogens is 426 g/mol. The van der Waals surface area contributed by atoms with Crippen molar-refractivity contribution in [2.45, 2.75) is 25.3 Å². The van der Waals surface area contributed by atoms with Gasteiger partial charge in [-0.2, -0.15) is 5.10 Å². The third-order valence-corrected chi connectivity index (χ3v) is 4.96. The van der Waals surface area contributed by atoms with Crippen LogP contribution < -0.4 is 10.6 Å². The maximum atomic E-state index is 12.8. The summed E-state index contributed by atoms with van der Waals surface area (Å²) < 4.78 is 4.15. The Morgan fingerprint density at radius 2 is 2.00 bits per heavy atom. The lowest BCUT2D eigenvalue weighted by molar-refractivity contribution is -0.121. The first-order chi connectivity index (χ1) is 13.5. The van der Waals surface area contributed by atoms with Crippen LogP contribution in [0.4, 0.5) is 5.69 Å². The molecule has 2 aromatic heterocycles. The van der Waals surface area contributed by atoms with E-state index in [1.54, 1.807) is 17.9 Å². The van der Waals surface area contributed by atoms with Gasteiger partial charge in [-0.05, 0) is 37.1 Å². The lowest BCUT2D eigenvalue weighted by Crippen LogP contribution is -2.23. The molecule has 9 nitrogen and oxygen atoms in total. The first kappa shape index (κ1) is 18.4. The second-order valence-corrected chi connectivity index (χ2v) is 7.46. The van der Waals surface area contributed by atoms with E-state index in [2.05, 4.69) is 42.0 Å². The fourth-order valence-electron chi connectivity index (χ4n) is 2.88. The van der Waals surface area contributed by atoms with Gasteiger partial charge in [-0.3, -0.25) is 14.3 Å². The fraction of sp³-hybridized carbons (Fsp3) is 0.278. The van der Waals surface area contributed by atoms with Gasteiger partial charge in [0.1, 0.15) is 6.54 Å². The third kappa shape index (κ3) is 3.81. The number of benzene rings is 1. The highest BCUT2D eigenvalue weighted by atomic mass is 79.9. The molecule has 1 aliphatic rings. The van der Waals surface area contributed by atoms with Crippen molar-refractivity contribution < 1.29 is 9.59 Å². The Morgan fingerprint density at radius 1 is 1.25 bits per heavy atom. The minimum atomic E-state index is -0.343. The summed E-state index contributed by atoms with van der Waals surface area (Å²) >= 11 is 3.42. The minimum Gasteiger partial charge on any atom is -0.358 e. The molecule has 1 aromatic carbocycles. The van der Waals surface area contributed by atoms with E-state index >= 15 is 0 Å². The lowest BCUT2D eigenvalue weighted by atomic mass is 10.2. The summed E-state index contributed by atoms with van der Waals surface area (Å²) in [6, 6.07) is 7.70. The average Bonchev–Trinajstić information content (AvgIpc) is 3.28. The van der Waals surface area contributed by atoms with Crippen LogP contribution in [0.15, 0.2) is 41.1 Å². The number of rotatable bonds is 6. The molecule has 2 N–H and O–H groups in total. The van der Waals surface area contributed by atoms with E-state index in [0.29, 0.717) is 11.4 Å². The normalized spacial score (nSPS) is 13.4. The van der Waals surface area contributed by atoms with Crippen molar-refractivity contribution in [2.24, 2.45) is 0 Å². The summed E-state index contributed by atoms with van der Waals surface area (Å²) in [6.07, 6.45) is 5.11. The summed E-state index contributed by atoms with van der Waals surface area (Å²) in [7, 11) is 1.56. The molecule has 3 aromatic rings. The summed E-state index contributed by atoms with van der Waals surface area (Å²) in [5, 5.41) is 17.7. The van der Waals surface area contributed by atoms with Crippen molar-refractivity contribution in [3.63, 3.8) is 0 Å². The van der Waals surface area contributed by atoms with Crippen molar-refractivity contribution in [3.8, 4) is 5.69 Å². The summed E-state index contributed by atoms with van der Waals surface area (Å²) in [4.78, 5) is 24.2. The molecule has 1 saturated carbocycles. The zero-order chi connectivity index (χ0) is 19.7. The van der Waals surface area contributed by atoms with Crippen LogP contribution in [0.2, 0.25) is 0 Å². The van der Waals surface area contributed by atoms with Crippen LogP contribution >= 0.6 is 15.9 Å². The third-order valence-electron chi connectivity index (χ3n) is 4.43. The highest BCUT2D eigenvalue weighted by molar-refractivity contribution is 9.10. The number of nitrogens with zero attached hydrogens (tertiary/aromatic N) is 5. The molecule has 1 fully saturated rings. The van der Waals surface area contributed by atoms with E-state index in [4.69, 9.17) is 0 Å². The molecule has 0 atom stereocenters. The number of carbonyl (C=O) groups excluding carboxylic acids is 2. The summed E-state index contributed by atoms with van der Waals surface area (Å²) in [5.74, 6) is -0.241. The SMILES string of the molecule is CNC(=O)Cn1cc(NC(=O)c2nnn(-c3ccc(Br)cc3)c2C2CC2)cn1. The molecule has 28 heavy (non-hydrogen) atoms. The van der Waals surface area contributed by atoms with Crippen LogP contribution in [0.5, 0.6) is 0 Å². The highest BCUT2D eigenvalue weighted by Gasteiger charge is 2.34. The first-order valence-electron chi connectivity index (χ1n) is 8.81. The van der Waals surface area contributed by atoms with Gasteiger partial charge in [0.15, 0.2) is 5.69 Å². The molecule has 0 saturated heterocycles. The second-order valence-electron chi connectivity index (χ2n) is 6.54. The minimum absolute atomic E-state index is 0.0828. The number of carbonyl (C=O) groups is 2. The largest absolute Gasteiger partial charge is 0.358 e. The van der Waals surface area contributed by atoms with E-state index in [1.165, 1.54) is 10.9 Å². The van der Waals surface area contributed by atoms with Crippen LogP contribution in [-0.4, -0.2) is 43.6 Å². The molecule has 0 radical (unpaired) electrons. The smallest absolute Gasteiger partial charge is 0.278 e. The quantitative estimate of drug-likeness (QED) is 0.606. The van der Waals surface area contributed by atoms with Crippen molar-refractivity contribution in [2.75, 3.05) is 12.4 Å². The predicted octanol–water partition coefficient (Wildman–Crippen LogP) is 2.10. The topological polar surface area (TPSA) is 107 Å². The molecule has 10 heteroatoms. The van der Waals surface area contributed by atoms with E-state index in [1.807, 2.05) is 24.3 Å². The maximum absolute atomic E-state index is 12.8. The van der Waals surface area contributed by atoms with Crippen LogP contribution in [0.3, 0.4) is 0 Å². The Balaban J connectivity index is 1.56. The molecule has 4 rings (SSSR count). The molecule has 0 aliphatic heterocycles. The van der Waals surface area contributed by atoms with Gasteiger partial charge in [-0.25, -0.2) is 4.68 Å². The van der Waals surface area contributed by atoms with Gasteiger partial charge < -0.3 is 10.6 Å². The molecule has 0 unspecified atom stereocenters. The van der Waals surface area contributed by atoms with Gasteiger partial charge in [0, 0.05) is 23.6 Å². The fourth-order valence-corrected chi connectivity index (χ4v) is 3.14. The standard InChI is InChI=1S/C18H18BrN7O2/c1-20-15(27)10-25-9-13(8-21-25)22-18(28)16-17(11-2-3-11)26(24-23-16)14-6-4-12(19)5-7-14/h4-9,11H,2-3,10H2,1H3,(H,20,27)(H,22,28). The number of hydrogen-bond acceptors (Lipinski definition) is 5. The molecule has 0 spiro atoms. The molecule has 2 heterocycles. The van der Waals surface area contributed by atoms with E-state index in [-0.39, 0.29) is 24.3 Å². The average molecular weight is 444 g/mol. The number of anilines is 1. The van der Waals surface area contributed by atoms with Crippen molar-refractivity contribution >= 4 is 33.4 Å². The zero-order valence-electron chi connectivity index (χ0n) is 15.1. The van der Waals surface area contributed by atoms with E-state index < -0.39 is 0 Å². The number of aromatic nitrogens is 5. The van der Waals surface area contributed by atoms with E-state index in [0.717, 1.165) is 28.7 Å². The van der Waals surface area contributed by atoms with Crippen LogP contribution in [0.25, 0.3) is 5.69 Å². The monoisotopic (exact) mass is 443 g/mol. The maximum Gasteiger partial charge on any atom is 0.278 e. The van der Waals surface area contributed by atoms with Crippen LogP contribution in [0, 0.1) is 0 Å². The Kier molecular flexibility index (Phi) is 4.95. The van der Waals surface area contributed by atoms with E-state index in [9.17, 15) is 9.59 Å². The lowest BCUT2D eigenvalue weighted by Gasteiger charge is -2.07. The Morgan fingerprint density at radius 3 is 2.68 bits per heavy atom. The van der Waals surface area contributed by atoms with Gasteiger partial charge >= 0.3 is 0 Å². The molecule has 0 bridgehead atoms. The Hall–Kier alpha value is -3.01. The van der Waals surface area contributed by atoms with Crippen LogP contribution in [0.1, 0.15) is 34.9 Å². The molecular formula is C18H18BrN7O2. The number of amides is 2. The first-order valence-corrected chi connectivity index (χ1v) is 9.60. The van der Waals surface area contributed by atoms with Gasteiger partial charge in [-0.15, -0.1) is 5.10 Å². The van der Waals surface area contributed by atoms with Crippen LogP contribution in [-0.2, 0) is 11.3 Å². The zero-order valence-corrected chi connectivity index (χ0v) is 16.7. The summed E-state index contributed by atoms with van der Waals surface area (Å²) in [6.45, 7) is 0.0828. The molecule has 1 aliphatic carbocycles. The highest BCUT2D eigenvalue weighted by Crippen LogP contribution is 2.42. The van der Waals surface area contributed by atoms with Gasteiger partial charge in [0.2, 0.25) is 5.91 Å². The van der Waals surface area contributed by atoms with Gasteiger partial charge in [0.05, 0.1) is 23.3 Å². The number of hydrogen-bond donors (Lipinski definition) is 2. The number of likely N-dealkylation sites (N-methyl/N-ethyl adjacent to an activating group) is 1. The second kappa shape index (κ2) is 7.55. The van der Waals surface area contributed by atoms with Gasteiger partial charge in [-0.1, -0.05) is 21.1 Å². The molecule has 144 valence electrons. The van der Waals surface area contributed by atoms with Crippen molar-refractivity contribution in [3.05, 3.63) is 52.5 Å². The Bertz CT molecular complexity index is 1020.